The highest BCUT2D eigenvalue weighted by atomic mass is 16.5. The van der Waals surface area contributed by atoms with Crippen LogP contribution in [0.1, 0.15) is 87.1 Å². The predicted octanol–water partition coefficient (Wildman–Crippen LogP) is 6.92. The molecule has 0 radical (unpaired) electrons. The first-order valence-corrected chi connectivity index (χ1v) is 10.8. The van der Waals surface area contributed by atoms with E-state index in [0.717, 1.165) is 18.8 Å². The van der Waals surface area contributed by atoms with E-state index in [9.17, 15) is 9.90 Å². The SMILES string of the molecule is CCCCCCCCCCCCOc1ccc(C(=O)c2ccc(O)cc2)cc1. The number of phenolic OH excluding ortho intramolecular Hbond substituents is 1. The van der Waals surface area contributed by atoms with Crippen LogP contribution in [0.5, 0.6) is 11.5 Å². The molecule has 0 atom stereocenters. The third kappa shape index (κ3) is 8.16. The average Bonchev–Trinajstić information content (AvgIpc) is 2.72. The first-order chi connectivity index (χ1) is 13.7. The van der Waals surface area contributed by atoms with E-state index in [1.54, 1.807) is 24.3 Å². The molecule has 28 heavy (non-hydrogen) atoms. The predicted molar refractivity (Wildman–Crippen MR) is 115 cm³/mol. The standard InChI is InChI=1S/C25H34O3/c1-2-3-4-5-6-7-8-9-10-11-20-28-24-18-14-22(15-19-24)25(27)21-12-16-23(26)17-13-21/h12-19,26H,2-11,20H2,1H3. The van der Waals surface area contributed by atoms with Crippen molar-refractivity contribution in [2.24, 2.45) is 0 Å². The van der Waals surface area contributed by atoms with Gasteiger partial charge in [-0.05, 0) is 55.0 Å². The topological polar surface area (TPSA) is 46.5 Å². The third-order valence-electron chi connectivity index (χ3n) is 5.01. The van der Waals surface area contributed by atoms with Crippen molar-refractivity contribution < 1.29 is 14.6 Å². The third-order valence-corrected chi connectivity index (χ3v) is 5.01. The number of phenols is 1. The quantitative estimate of drug-likeness (QED) is 0.285. The Balaban J connectivity index is 1.59. The number of benzene rings is 2. The van der Waals surface area contributed by atoms with Crippen LogP contribution in [0.4, 0.5) is 0 Å². The summed E-state index contributed by atoms with van der Waals surface area (Å²) in [5.74, 6) is 0.909. The fourth-order valence-corrected chi connectivity index (χ4v) is 3.26. The molecule has 0 aliphatic rings. The Morgan fingerprint density at radius 3 is 1.71 bits per heavy atom. The molecule has 3 nitrogen and oxygen atoms in total. The molecule has 0 aromatic heterocycles. The van der Waals surface area contributed by atoms with Crippen molar-refractivity contribution in [2.75, 3.05) is 6.61 Å². The van der Waals surface area contributed by atoms with E-state index < -0.39 is 0 Å². The lowest BCUT2D eigenvalue weighted by atomic mass is 10.0. The second kappa shape index (κ2) is 13.0. The van der Waals surface area contributed by atoms with Crippen LogP contribution < -0.4 is 4.74 Å². The van der Waals surface area contributed by atoms with Gasteiger partial charge in [-0.3, -0.25) is 4.79 Å². The first-order valence-electron chi connectivity index (χ1n) is 10.8. The minimum absolute atomic E-state index is 0.0544. The largest absolute Gasteiger partial charge is 0.508 e. The summed E-state index contributed by atoms with van der Waals surface area (Å²) >= 11 is 0. The molecule has 2 aromatic carbocycles. The Bertz CT molecular complexity index is 674. The van der Waals surface area contributed by atoms with E-state index >= 15 is 0 Å². The lowest BCUT2D eigenvalue weighted by Crippen LogP contribution is -2.02. The van der Waals surface area contributed by atoms with Crippen LogP contribution in [0, 0.1) is 0 Å². The molecule has 2 aromatic rings. The number of ketones is 1. The second-order valence-corrected chi connectivity index (χ2v) is 7.43. The molecule has 0 aliphatic carbocycles. The summed E-state index contributed by atoms with van der Waals surface area (Å²) in [6.07, 6.45) is 13.1. The Labute approximate surface area is 169 Å². The summed E-state index contributed by atoms with van der Waals surface area (Å²) in [5, 5.41) is 9.32. The molecule has 1 N–H and O–H groups in total. The van der Waals surface area contributed by atoms with E-state index in [2.05, 4.69) is 6.92 Å². The monoisotopic (exact) mass is 382 g/mol. The van der Waals surface area contributed by atoms with Crippen LogP contribution in [0.2, 0.25) is 0 Å². The molecule has 0 saturated heterocycles. The number of ether oxygens (including phenoxy) is 1. The number of carbonyl (C=O) groups is 1. The molecule has 0 aliphatic heterocycles. The van der Waals surface area contributed by atoms with Crippen LogP contribution in [0.25, 0.3) is 0 Å². The van der Waals surface area contributed by atoms with Crippen LogP contribution in [0.15, 0.2) is 48.5 Å². The number of hydrogen-bond acceptors (Lipinski definition) is 3. The van der Waals surface area contributed by atoms with Gasteiger partial charge in [0.1, 0.15) is 11.5 Å². The smallest absolute Gasteiger partial charge is 0.193 e. The molecule has 3 heteroatoms. The van der Waals surface area contributed by atoms with Gasteiger partial charge in [-0.25, -0.2) is 0 Å². The van der Waals surface area contributed by atoms with Crippen LogP contribution in [-0.2, 0) is 0 Å². The zero-order valence-electron chi connectivity index (χ0n) is 17.2. The highest BCUT2D eigenvalue weighted by molar-refractivity contribution is 6.09. The van der Waals surface area contributed by atoms with Crippen molar-refractivity contribution in [3.05, 3.63) is 59.7 Å². The van der Waals surface area contributed by atoms with Crippen LogP contribution in [-0.4, -0.2) is 17.5 Å². The van der Waals surface area contributed by atoms with Crippen LogP contribution in [0.3, 0.4) is 0 Å². The maximum Gasteiger partial charge on any atom is 0.193 e. The van der Waals surface area contributed by atoms with Crippen molar-refractivity contribution in [1.82, 2.24) is 0 Å². The maximum atomic E-state index is 12.4. The van der Waals surface area contributed by atoms with Gasteiger partial charge >= 0.3 is 0 Å². The van der Waals surface area contributed by atoms with Gasteiger partial charge in [-0.2, -0.15) is 0 Å². The van der Waals surface area contributed by atoms with Gasteiger partial charge in [0.05, 0.1) is 6.61 Å². The van der Waals surface area contributed by atoms with E-state index in [4.69, 9.17) is 4.74 Å². The number of carbonyl (C=O) groups excluding carboxylic acids is 1. The van der Waals surface area contributed by atoms with E-state index in [0.29, 0.717) is 11.1 Å². The summed E-state index contributed by atoms with van der Waals surface area (Å²) in [5.41, 5.74) is 1.19. The second-order valence-electron chi connectivity index (χ2n) is 7.43. The molecule has 0 spiro atoms. The normalized spacial score (nSPS) is 10.8. The van der Waals surface area contributed by atoms with Crippen LogP contribution >= 0.6 is 0 Å². The maximum absolute atomic E-state index is 12.4. The molecule has 152 valence electrons. The summed E-state index contributed by atoms with van der Waals surface area (Å²) in [4.78, 5) is 12.4. The zero-order chi connectivity index (χ0) is 20.0. The van der Waals surface area contributed by atoms with Crippen molar-refractivity contribution in [3.8, 4) is 11.5 Å². The molecule has 0 unspecified atom stereocenters. The molecule has 2 rings (SSSR count). The van der Waals surface area contributed by atoms with Gasteiger partial charge in [0.25, 0.3) is 0 Å². The van der Waals surface area contributed by atoms with Crippen molar-refractivity contribution in [1.29, 1.82) is 0 Å². The number of aromatic hydroxyl groups is 1. The van der Waals surface area contributed by atoms with Gasteiger partial charge in [0.15, 0.2) is 5.78 Å². The molecule has 0 heterocycles. The van der Waals surface area contributed by atoms with Crippen molar-refractivity contribution >= 4 is 5.78 Å². The molecular formula is C25H34O3. The molecule has 0 fully saturated rings. The molecule has 0 amide bonds. The van der Waals surface area contributed by atoms with Gasteiger partial charge in [0, 0.05) is 11.1 Å². The Morgan fingerprint density at radius 2 is 1.18 bits per heavy atom. The fraction of sp³-hybridized carbons (Fsp3) is 0.480. The zero-order valence-corrected chi connectivity index (χ0v) is 17.2. The van der Waals surface area contributed by atoms with Crippen molar-refractivity contribution in [2.45, 2.75) is 71.1 Å². The fourth-order valence-electron chi connectivity index (χ4n) is 3.26. The highest BCUT2D eigenvalue weighted by Crippen LogP contribution is 2.18. The number of rotatable bonds is 14. The first kappa shape index (κ1) is 22.0. The minimum Gasteiger partial charge on any atom is -0.508 e. The minimum atomic E-state index is -0.0544. The Kier molecular flexibility index (Phi) is 10.2. The summed E-state index contributed by atoms with van der Waals surface area (Å²) in [6, 6.07) is 13.6. The summed E-state index contributed by atoms with van der Waals surface area (Å²) < 4.78 is 5.79. The van der Waals surface area contributed by atoms with Gasteiger partial charge in [-0.1, -0.05) is 64.7 Å². The summed E-state index contributed by atoms with van der Waals surface area (Å²) in [6.45, 7) is 2.98. The summed E-state index contributed by atoms with van der Waals surface area (Å²) in [7, 11) is 0. The Morgan fingerprint density at radius 1 is 0.714 bits per heavy atom. The lowest BCUT2D eigenvalue weighted by Gasteiger charge is -2.07. The highest BCUT2D eigenvalue weighted by Gasteiger charge is 2.09. The van der Waals surface area contributed by atoms with E-state index in [-0.39, 0.29) is 11.5 Å². The van der Waals surface area contributed by atoms with E-state index in [1.165, 1.54) is 69.9 Å². The molecule has 0 saturated carbocycles. The lowest BCUT2D eigenvalue weighted by molar-refractivity contribution is 0.103. The number of unbranched alkanes of at least 4 members (excludes halogenated alkanes) is 9. The van der Waals surface area contributed by atoms with Gasteiger partial charge in [0.2, 0.25) is 0 Å². The van der Waals surface area contributed by atoms with E-state index in [1.807, 2.05) is 12.1 Å². The average molecular weight is 383 g/mol. The molecular weight excluding hydrogens is 348 g/mol. The Hall–Kier alpha value is -2.29. The van der Waals surface area contributed by atoms with Crippen molar-refractivity contribution in [3.63, 3.8) is 0 Å². The molecule has 0 bridgehead atoms. The number of hydrogen-bond donors (Lipinski definition) is 1. The van der Waals surface area contributed by atoms with Gasteiger partial charge in [-0.15, -0.1) is 0 Å². The van der Waals surface area contributed by atoms with Gasteiger partial charge < -0.3 is 9.84 Å².